The zero-order valence-corrected chi connectivity index (χ0v) is 8.24. The van der Waals surface area contributed by atoms with Crippen molar-refractivity contribution in [1.82, 2.24) is 10.3 Å². The standard InChI is InChI=1S/C11H16N2O/c14-9-11(3-6-12-7-4-11)10-2-1-5-13-8-10/h1-2,5,8,12,14H,3-4,6-7,9H2. The molecule has 0 unspecified atom stereocenters. The summed E-state index contributed by atoms with van der Waals surface area (Å²) in [6.45, 7) is 2.19. The highest BCUT2D eigenvalue weighted by molar-refractivity contribution is 5.23. The van der Waals surface area contributed by atoms with E-state index in [-0.39, 0.29) is 12.0 Å². The van der Waals surface area contributed by atoms with Gasteiger partial charge in [-0.2, -0.15) is 0 Å². The molecule has 0 bridgehead atoms. The Labute approximate surface area is 84.2 Å². The number of piperidine rings is 1. The highest BCUT2D eigenvalue weighted by atomic mass is 16.3. The third kappa shape index (κ3) is 1.65. The largest absolute Gasteiger partial charge is 0.395 e. The molecule has 76 valence electrons. The Morgan fingerprint density at radius 3 is 2.79 bits per heavy atom. The molecule has 2 rings (SSSR count). The Kier molecular flexibility index (Phi) is 2.79. The van der Waals surface area contributed by atoms with Crippen molar-refractivity contribution in [2.45, 2.75) is 18.3 Å². The molecule has 1 saturated heterocycles. The molecule has 3 heteroatoms. The summed E-state index contributed by atoms with van der Waals surface area (Å²) in [4.78, 5) is 4.12. The Hall–Kier alpha value is -0.930. The van der Waals surface area contributed by atoms with Crippen LogP contribution in [0.1, 0.15) is 18.4 Å². The molecule has 3 nitrogen and oxygen atoms in total. The SMILES string of the molecule is OCC1(c2cccnc2)CCNCC1. The summed E-state index contributed by atoms with van der Waals surface area (Å²) < 4.78 is 0. The van der Waals surface area contributed by atoms with Gasteiger partial charge in [0.05, 0.1) is 6.61 Å². The van der Waals surface area contributed by atoms with Gasteiger partial charge in [-0.3, -0.25) is 4.98 Å². The Morgan fingerprint density at radius 1 is 1.43 bits per heavy atom. The van der Waals surface area contributed by atoms with Crippen molar-refractivity contribution in [1.29, 1.82) is 0 Å². The molecule has 1 aromatic rings. The number of nitrogens with zero attached hydrogens (tertiary/aromatic N) is 1. The molecule has 0 aliphatic carbocycles. The van der Waals surface area contributed by atoms with E-state index in [1.807, 2.05) is 12.3 Å². The van der Waals surface area contributed by atoms with Gasteiger partial charge >= 0.3 is 0 Å². The van der Waals surface area contributed by atoms with E-state index in [2.05, 4.69) is 16.4 Å². The molecule has 1 fully saturated rings. The van der Waals surface area contributed by atoms with E-state index in [9.17, 15) is 5.11 Å². The summed E-state index contributed by atoms with van der Waals surface area (Å²) in [7, 11) is 0. The van der Waals surface area contributed by atoms with E-state index in [0.29, 0.717) is 0 Å². The van der Waals surface area contributed by atoms with Crippen LogP contribution in [-0.2, 0) is 5.41 Å². The van der Waals surface area contributed by atoms with Gasteiger partial charge in [-0.25, -0.2) is 0 Å². The van der Waals surface area contributed by atoms with Gasteiger partial charge in [-0.1, -0.05) is 6.07 Å². The number of aliphatic hydroxyl groups excluding tert-OH is 1. The minimum atomic E-state index is -0.0560. The fourth-order valence-electron chi connectivity index (χ4n) is 2.12. The van der Waals surface area contributed by atoms with Crippen LogP contribution in [-0.4, -0.2) is 29.8 Å². The summed E-state index contributed by atoms with van der Waals surface area (Å²) in [5.41, 5.74) is 1.11. The monoisotopic (exact) mass is 192 g/mol. The predicted molar refractivity (Wildman–Crippen MR) is 55.1 cm³/mol. The average Bonchev–Trinajstić information content (AvgIpc) is 2.31. The van der Waals surface area contributed by atoms with E-state index < -0.39 is 0 Å². The van der Waals surface area contributed by atoms with Crippen LogP contribution >= 0.6 is 0 Å². The van der Waals surface area contributed by atoms with E-state index >= 15 is 0 Å². The third-order valence-corrected chi connectivity index (χ3v) is 3.14. The number of rotatable bonds is 2. The van der Waals surface area contributed by atoms with Crippen molar-refractivity contribution in [2.75, 3.05) is 19.7 Å². The first-order chi connectivity index (χ1) is 6.87. The maximum atomic E-state index is 9.54. The van der Waals surface area contributed by atoms with Gasteiger partial charge in [0.15, 0.2) is 0 Å². The first-order valence-corrected chi connectivity index (χ1v) is 5.09. The van der Waals surface area contributed by atoms with Crippen molar-refractivity contribution in [3.05, 3.63) is 30.1 Å². The van der Waals surface area contributed by atoms with Crippen LogP contribution in [0, 0.1) is 0 Å². The van der Waals surface area contributed by atoms with Crippen molar-refractivity contribution < 1.29 is 5.11 Å². The molecular weight excluding hydrogens is 176 g/mol. The molecule has 0 radical (unpaired) electrons. The summed E-state index contributed by atoms with van der Waals surface area (Å²) in [6, 6.07) is 4.00. The minimum absolute atomic E-state index is 0.0560. The lowest BCUT2D eigenvalue weighted by molar-refractivity contribution is 0.158. The number of aromatic nitrogens is 1. The second-order valence-electron chi connectivity index (χ2n) is 3.93. The Bertz CT molecular complexity index is 281. The number of hydrogen-bond donors (Lipinski definition) is 2. The molecule has 0 aromatic carbocycles. The normalized spacial score (nSPS) is 20.6. The van der Waals surface area contributed by atoms with Gasteiger partial charge in [0.1, 0.15) is 0 Å². The molecule has 14 heavy (non-hydrogen) atoms. The molecule has 0 atom stereocenters. The van der Waals surface area contributed by atoms with Crippen LogP contribution in [0.5, 0.6) is 0 Å². The van der Waals surface area contributed by atoms with Crippen LogP contribution < -0.4 is 5.32 Å². The van der Waals surface area contributed by atoms with Crippen molar-refractivity contribution >= 4 is 0 Å². The summed E-state index contributed by atoms with van der Waals surface area (Å²) in [6.07, 6.45) is 5.64. The third-order valence-electron chi connectivity index (χ3n) is 3.14. The minimum Gasteiger partial charge on any atom is -0.395 e. The first kappa shape index (κ1) is 9.62. The van der Waals surface area contributed by atoms with E-state index in [1.54, 1.807) is 6.20 Å². The molecule has 1 aliphatic heterocycles. The second-order valence-corrected chi connectivity index (χ2v) is 3.93. The fourth-order valence-corrected chi connectivity index (χ4v) is 2.12. The molecule has 2 heterocycles. The van der Waals surface area contributed by atoms with Crippen LogP contribution in [0.15, 0.2) is 24.5 Å². The summed E-state index contributed by atoms with van der Waals surface area (Å²) in [5, 5.41) is 12.9. The number of pyridine rings is 1. The van der Waals surface area contributed by atoms with Crippen LogP contribution in [0.2, 0.25) is 0 Å². The van der Waals surface area contributed by atoms with E-state index in [4.69, 9.17) is 0 Å². The molecule has 0 spiro atoms. The lowest BCUT2D eigenvalue weighted by atomic mass is 9.74. The molecule has 1 aliphatic rings. The maximum absolute atomic E-state index is 9.54. The zero-order chi connectivity index (χ0) is 9.86. The van der Waals surface area contributed by atoms with Crippen molar-refractivity contribution in [3.63, 3.8) is 0 Å². The quantitative estimate of drug-likeness (QED) is 0.725. The van der Waals surface area contributed by atoms with Crippen LogP contribution in [0.3, 0.4) is 0 Å². The Balaban J connectivity index is 2.27. The van der Waals surface area contributed by atoms with E-state index in [1.165, 1.54) is 5.56 Å². The number of nitrogens with one attached hydrogen (secondary N) is 1. The lowest BCUT2D eigenvalue weighted by Gasteiger charge is -2.36. The molecule has 1 aromatic heterocycles. The highest BCUT2D eigenvalue weighted by Crippen LogP contribution is 2.32. The van der Waals surface area contributed by atoms with Crippen LogP contribution in [0.25, 0.3) is 0 Å². The molecule has 0 saturated carbocycles. The van der Waals surface area contributed by atoms with Gasteiger partial charge in [0.25, 0.3) is 0 Å². The molecule has 0 amide bonds. The molecule has 2 N–H and O–H groups in total. The highest BCUT2D eigenvalue weighted by Gasteiger charge is 2.33. The fraction of sp³-hybridized carbons (Fsp3) is 0.545. The zero-order valence-electron chi connectivity index (χ0n) is 8.24. The van der Waals surface area contributed by atoms with Crippen molar-refractivity contribution in [2.24, 2.45) is 0 Å². The number of aliphatic hydroxyl groups is 1. The van der Waals surface area contributed by atoms with Crippen molar-refractivity contribution in [3.8, 4) is 0 Å². The van der Waals surface area contributed by atoms with Gasteiger partial charge in [-0.15, -0.1) is 0 Å². The topological polar surface area (TPSA) is 45.2 Å². The summed E-state index contributed by atoms with van der Waals surface area (Å²) >= 11 is 0. The van der Waals surface area contributed by atoms with E-state index in [0.717, 1.165) is 25.9 Å². The first-order valence-electron chi connectivity index (χ1n) is 5.09. The molecular formula is C11H16N2O. The second kappa shape index (κ2) is 4.07. The van der Waals surface area contributed by atoms with Crippen LogP contribution in [0.4, 0.5) is 0 Å². The smallest absolute Gasteiger partial charge is 0.0529 e. The average molecular weight is 192 g/mol. The van der Waals surface area contributed by atoms with Gasteiger partial charge < -0.3 is 10.4 Å². The van der Waals surface area contributed by atoms with Gasteiger partial charge in [0, 0.05) is 17.8 Å². The maximum Gasteiger partial charge on any atom is 0.0529 e. The lowest BCUT2D eigenvalue weighted by Crippen LogP contribution is -2.42. The Morgan fingerprint density at radius 2 is 2.21 bits per heavy atom. The number of hydrogen-bond acceptors (Lipinski definition) is 3. The summed E-state index contributed by atoms with van der Waals surface area (Å²) in [5.74, 6) is 0. The van der Waals surface area contributed by atoms with Gasteiger partial charge in [-0.05, 0) is 37.6 Å². The van der Waals surface area contributed by atoms with Gasteiger partial charge in [0.2, 0.25) is 0 Å². The predicted octanol–water partition coefficient (Wildman–Crippen LogP) is 0.695.